The van der Waals surface area contributed by atoms with E-state index in [1.807, 2.05) is 6.20 Å². The van der Waals surface area contributed by atoms with Crippen LogP contribution < -0.4 is 4.74 Å². The molecule has 0 fully saturated rings. The predicted molar refractivity (Wildman–Crippen MR) is 136 cm³/mol. The van der Waals surface area contributed by atoms with E-state index < -0.39 is 0 Å². The van der Waals surface area contributed by atoms with Crippen molar-refractivity contribution in [1.82, 2.24) is 4.98 Å². The molecule has 0 bridgehead atoms. The number of hydrogen-bond donors (Lipinski definition) is 0. The standard InChI is InChI=1S/C29H45NO2/c1-3-5-7-8-9-10-11-13-24-32-28-19-17-27(18-20-28)29-21-16-26(25-30-29)15-14-23-31-22-12-6-4-2/h16-21,25H,3-15,22-24H2,1-2H3. The van der Waals surface area contributed by atoms with Crippen LogP contribution in [0.2, 0.25) is 0 Å². The molecule has 178 valence electrons. The quantitative estimate of drug-likeness (QED) is 0.206. The van der Waals surface area contributed by atoms with Gasteiger partial charge in [0.15, 0.2) is 0 Å². The molecule has 0 aliphatic heterocycles. The van der Waals surface area contributed by atoms with Gasteiger partial charge in [0.25, 0.3) is 0 Å². The number of ether oxygens (including phenoxy) is 2. The molecule has 0 spiro atoms. The summed E-state index contributed by atoms with van der Waals surface area (Å²) in [5, 5.41) is 0. The van der Waals surface area contributed by atoms with E-state index in [-0.39, 0.29) is 0 Å². The molecule has 2 aromatic rings. The molecule has 32 heavy (non-hydrogen) atoms. The molecule has 0 saturated heterocycles. The first kappa shape index (κ1) is 26.4. The van der Waals surface area contributed by atoms with Crippen LogP contribution in [-0.4, -0.2) is 24.8 Å². The van der Waals surface area contributed by atoms with Crippen LogP contribution in [0.3, 0.4) is 0 Å². The molecule has 2 rings (SSSR count). The Hall–Kier alpha value is -1.87. The van der Waals surface area contributed by atoms with Crippen molar-refractivity contribution >= 4 is 0 Å². The van der Waals surface area contributed by atoms with Crippen molar-refractivity contribution in [3.63, 3.8) is 0 Å². The maximum atomic E-state index is 5.91. The van der Waals surface area contributed by atoms with Crippen molar-refractivity contribution in [3.8, 4) is 17.0 Å². The lowest BCUT2D eigenvalue weighted by atomic mass is 10.1. The summed E-state index contributed by atoms with van der Waals surface area (Å²) in [5.74, 6) is 0.951. The van der Waals surface area contributed by atoms with E-state index in [1.54, 1.807) is 0 Å². The summed E-state index contributed by atoms with van der Waals surface area (Å²) in [7, 11) is 0. The molecule has 3 nitrogen and oxygen atoms in total. The lowest BCUT2D eigenvalue weighted by molar-refractivity contribution is 0.128. The average molecular weight is 440 g/mol. The number of aryl methyl sites for hydroxylation is 1. The van der Waals surface area contributed by atoms with Gasteiger partial charge in [0, 0.05) is 25.0 Å². The van der Waals surface area contributed by atoms with Crippen molar-refractivity contribution in [3.05, 3.63) is 48.2 Å². The summed E-state index contributed by atoms with van der Waals surface area (Å²) < 4.78 is 11.6. The number of aromatic nitrogens is 1. The number of pyridine rings is 1. The van der Waals surface area contributed by atoms with Gasteiger partial charge in [0.05, 0.1) is 12.3 Å². The average Bonchev–Trinajstić information content (AvgIpc) is 2.83. The van der Waals surface area contributed by atoms with Gasteiger partial charge >= 0.3 is 0 Å². The highest BCUT2D eigenvalue weighted by Crippen LogP contribution is 2.21. The molecular weight excluding hydrogens is 394 g/mol. The van der Waals surface area contributed by atoms with E-state index in [0.717, 1.165) is 56.1 Å². The first-order valence-electron chi connectivity index (χ1n) is 13.1. The van der Waals surface area contributed by atoms with Crippen molar-refractivity contribution in [2.75, 3.05) is 19.8 Å². The van der Waals surface area contributed by atoms with Gasteiger partial charge in [-0.2, -0.15) is 0 Å². The second-order valence-electron chi connectivity index (χ2n) is 8.82. The summed E-state index contributed by atoms with van der Waals surface area (Å²) >= 11 is 0. The third kappa shape index (κ3) is 11.7. The Morgan fingerprint density at radius 3 is 1.94 bits per heavy atom. The maximum absolute atomic E-state index is 5.91. The number of benzene rings is 1. The van der Waals surface area contributed by atoms with Crippen molar-refractivity contribution in [1.29, 1.82) is 0 Å². The van der Waals surface area contributed by atoms with Gasteiger partial charge < -0.3 is 9.47 Å². The summed E-state index contributed by atoms with van der Waals surface area (Å²) in [6.45, 7) is 7.03. The fourth-order valence-corrected chi connectivity index (χ4v) is 3.83. The minimum absolute atomic E-state index is 0.809. The van der Waals surface area contributed by atoms with Gasteiger partial charge in [-0.3, -0.25) is 4.98 Å². The van der Waals surface area contributed by atoms with E-state index in [4.69, 9.17) is 9.47 Å². The molecule has 1 aromatic carbocycles. The van der Waals surface area contributed by atoms with Crippen molar-refractivity contribution in [2.24, 2.45) is 0 Å². The van der Waals surface area contributed by atoms with Gasteiger partial charge in [0.1, 0.15) is 5.75 Å². The zero-order valence-corrected chi connectivity index (χ0v) is 20.6. The van der Waals surface area contributed by atoms with Crippen LogP contribution in [0.4, 0.5) is 0 Å². The Labute approximate surface area is 197 Å². The van der Waals surface area contributed by atoms with Crippen LogP contribution in [0.5, 0.6) is 5.75 Å². The Kier molecular flexibility index (Phi) is 14.6. The molecular formula is C29H45NO2. The summed E-state index contributed by atoms with van der Waals surface area (Å²) in [6, 6.07) is 12.6. The third-order valence-corrected chi connectivity index (χ3v) is 5.89. The molecule has 0 aliphatic rings. The smallest absolute Gasteiger partial charge is 0.119 e. The number of hydrogen-bond acceptors (Lipinski definition) is 3. The highest BCUT2D eigenvalue weighted by Gasteiger charge is 2.02. The highest BCUT2D eigenvalue weighted by molar-refractivity contribution is 5.60. The lowest BCUT2D eigenvalue weighted by Crippen LogP contribution is -1.99. The van der Waals surface area contributed by atoms with Crippen molar-refractivity contribution < 1.29 is 9.47 Å². The van der Waals surface area contributed by atoms with Gasteiger partial charge in [-0.25, -0.2) is 0 Å². The Morgan fingerprint density at radius 1 is 0.625 bits per heavy atom. The number of nitrogens with zero attached hydrogens (tertiary/aromatic N) is 1. The first-order valence-corrected chi connectivity index (χ1v) is 13.1. The van der Waals surface area contributed by atoms with Crippen LogP contribution in [0.25, 0.3) is 11.3 Å². The van der Waals surface area contributed by atoms with E-state index in [9.17, 15) is 0 Å². The topological polar surface area (TPSA) is 31.4 Å². The maximum Gasteiger partial charge on any atom is 0.119 e. The zero-order chi connectivity index (χ0) is 22.7. The second-order valence-corrected chi connectivity index (χ2v) is 8.82. The van der Waals surface area contributed by atoms with Gasteiger partial charge in [-0.15, -0.1) is 0 Å². The summed E-state index contributed by atoms with van der Waals surface area (Å²) in [4.78, 5) is 4.66. The molecule has 0 aliphatic carbocycles. The molecule has 0 amide bonds. The van der Waals surface area contributed by atoms with Crippen LogP contribution in [0, 0.1) is 0 Å². The Balaban J connectivity index is 1.60. The number of rotatable bonds is 19. The summed E-state index contributed by atoms with van der Waals surface area (Å²) in [5.41, 5.74) is 3.42. The molecule has 1 aromatic heterocycles. The van der Waals surface area contributed by atoms with E-state index >= 15 is 0 Å². The summed E-state index contributed by atoms with van der Waals surface area (Å²) in [6.07, 6.45) is 18.4. The van der Waals surface area contributed by atoms with Crippen LogP contribution in [0.15, 0.2) is 42.6 Å². The van der Waals surface area contributed by atoms with Crippen LogP contribution >= 0.6 is 0 Å². The van der Waals surface area contributed by atoms with Crippen LogP contribution in [-0.2, 0) is 11.2 Å². The highest BCUT2D eigenvalue weighted by atomic mass is 16.5. The first-order chi connectivity index (χ1) is 15.8. The third-order valence-electron chi connectivity index (χ3n) is 5.89. The van der Waals surface area contributed by atoms with Gasteiger partial charge in [0.2, 0.25) is 0 Å². The van der Waals surface area contributed by atoms with E-state index in [0.29, 0.717) is 0 Å². The predicted octanol–water partition coefficient (Wildman–Crippen LogP) is 8.41. The van der Waals surface area contributed by atoms with E-state index in [2.05, 4.69) is 55.2 Å². The van der Waals surface area contributed by atoms with Crippen molar-refractivity contribution in [2.45, 2.75) is 97.3 Å². The monoisotopic (exact) mass is 439 g/mol. The molecule has 0 N–H and O–H groups in total. The van der Waals surface area contributed by atoms with E-state index in [1.165, 1.54) is 69.8 Å². The number of unbranched alkanes of at least 4 members (excludes halogenated alkanes) is 9. The zero-order valence-electron chi connectivity index (χ0n) is 20.6. The Morgan fingerprint density at radius 2 is 1.25 bits per heavy atom. The molecule has 0 atom stereocenters. The fraction of sp³-hybridized carbons (Fsp3) is 0.621. The minimum atomic E-state index is 0.809. The van der Waals surface area contributed by atoms with Gasteiger partial charge in [-0.05, 0) is 61.6 Å². The lowest BCUT2D eigenvalue weighted by Gasteiger charge is -2.08. The molecule has 1 heterocycles. The molecule has 0 saturated carbocycles. The SMILES string of the molecule is CCCCCCCCCCOc1ccc(-c2ccc(CCCOCCCCC)cn2)cc1. The molecule has 0 radical (unpaired) electrons. The fourth-order valence-electron chi connectivity index (χ4n) is 3.83. The minimum Gasteiger partial charge on any atom is -0.494 e. The Bertz CT molecular complexity index is 681. The largest absolute Gasteiger partial charge is 0.494 e. The molecule has 0 unspecified atom stereocenters. The second kappa shape index (κ2) is 17.7. The van der Waals surface area contributed by atoms with Crippen LogP contribution in [0.1, 0.15) is 96.5 Å². The normalized spacial score (nSPS) is 11.1. The molecule has 3 heteroatoms. The van der Waals surface area contributed by atoms with Gasteiger partial charge in [-0.1, -0.05) is 77.7 Å².